The lowest BCUT2D eigenvalue weighted by Gasteiger charge is -2.59. The number of oxime groups is 1. The maximum absolute atomic E-state index is 14.4. The van der Waals surface area contributed by atoms with Gasteiger partial charge in [0.05, 0.1) is 31.8 Å². The molecular formula is C43H59N3O8. The number of likely N-dealkylation sites (N-methyl/N-ethyl adjacent to an activating group) is 1. The summed E-state index contributed by atoms with van der Waals surface area (Å²) >= 11 is 0. The maximum Gasteiger partial charge on any atom is 0.239 e. The molecule has 11 heteroatoms. The van der Waals surface area contributed by atoms with Crippen LogP contribution in [0, 0.1) is 17.8 Å². The van der Waals surface area contributed by atoms with Crippen molar-refractivity contribution < 1.29 is 38.8 Å². The molecule has 54 heavy (non-hydrogen) atoms. The number of nitrogens with zero attached hydrogens (tertiary/aromatic N) is 3. The van der Waals surface area contributed by atoms with Crippen molar-refractivity contribution in [1.82, 2.24) is 9.80 Å². The Morgan fingerprint density at radius 2 is 1.89 bits per heavy atom. The zero-order chi connectivity index (χ0) is 38.1. The van der Waals surface area contributed by atoms with Gasteiger partial charge in [-0.1, -0.05) is 42.3 Å². The van der Waals surface area contributed by atoms with E-state index in [1.54, 1.807) is 18.1 Å². The van der Waals surface area contributed by atoms with Crippen LogP contribution in [0.15, 0.2) is 71.9 Å². The number of hydrogen-bond donors (Lipinski definition) is 2. The van der Waals surface area contributed by atoms with E-state index in [0.717, 1.165) is 79.9 Å². The number of benzene rings is 2. The SMILES string of the molecule is C=CCOC12Oc3ccc(OCCN4CC4)cc3C3C(CCCCO)C(CCCCO)C=C(C(=NOCC)CC1N(C)C(=O)Cc1cccc(OC)c1)C32. The molecule has 4 aliphatic rings. The van der Waals surface area contributed by atoms with Gasteiger partial charge < -0.3 is 38.9 Å². The number of unbranched alkanes of at least 4 members (excludes halogenated alkanes) is 2. The third-order valence-electron chi connectivity index (χ3n) is 11.5. The van der Waals surface area contributed by atoms with Crippen LogP contribution < -0.4 is 14.2 Å². The fourth-order valence-electron chi connectivity index (χ4n) is 8.80. The minimum Gasteiger partial charge on any atom is -0.497 e. The molecule has 1 saturated heterocycles. The largest absolute Gasteiger partial charge is 0.497 e. The summed E-state index contributed by atoms with van der Waals surface area (Å²) in [6.07, 6.45) is 9.55. The number of fused-ring (bicyclic) bond motifs is 2. The smallest absolute Gasteiger partial charge is 0.239 e. The molecule has 2 aliphatic carbocycles. The zero-order valence-corrected chi connectivity index (χ0v) is 32.3. The van der Waals surface area contributed by atoms with Crippen molar-refractivity contribution in [1.29, 1.82) is 0 Å². The molecule has 2 aromatic carbocycles. The summed E-state index contributed by atoms with van der Waals surface area (Å²) in [5.41, 5.74) is 3.71. The van der Waals surface area contributed by atoms with Crippen LogP contribution in [-0.4, -0.2) is 110 Å². The van der Waals surface area contributed by atoms with Gasteiger partial charge in [0.2, 0.25) is 11.7 Å². The van der Waals surface area contributed by atoms with Crippen molar-refractivity contribution in [2.45, 2.75) is 76.0 Å². The number of aliphatic hydroxyl groups is 2. The van der Waals surface area contributed by atoms with Crippen LogP contribution in [-0.2, 0) is 20.8 Å². The first-order chi connectivity index (χ1) is 26.4. The van der Waals surface area contributed by atoms with Crippen LogP contribution in [0.3, 0.4) is 0 Å². The highest BCUT2D eigenvalue weighted by molar-refractivity contribution is 6.03. The molecule has 0 bridgehead atoms. The monoisotopic (exact) mass is 745 g/mol. The minimum absolute atomic E-state index is 0.0868. The van der Waals surface area contributed by atoms with Crippen LogP contribution in [0.1, 0.15) is 68.9 Å². The van der Waals surface area contributed by atoms with Gasteiger partial charge in [0.15, 0.2) is 0 Å². The first-order valence-electron chi connectivity index (χ1n) is 19.8. The van der Waals surface area contributed by atoms with Crippen molar-refractivity contribution in [2.24, 2.45) is 22.9 Å². The van der Waals surface area contributed by atoms with Gasteiger partial charge >= 0.3 is 0 Å². The van der Waals surface area contributed by atoms with Crippen molar-refractivity contribution in [3.63, 3.8) is 0 Å². The van der Waals surface area contributed by atoms with E-state index >= 15 is 0 Å². The Labute approximate surface area is 320 Å². The lowest BCUT2D eigenvalue weighted by Crippen LogP contribution is -2.69. The first kappa shape index (κ1) is 39.8. The molecule has 0 radical (unpaired) electrons. The predicted octanol–water partition coefficient (Wildman–Crippen LogP) is 5.74. The van der Waals surface area contributed by atoms with E-state index in [0.29, 0.717) is 37.6 Å². The van der Waals surface area contributed by atoms with Gasteiger partial charge in [-0.25, -0.2) is 0 Å². The summed E-state index contributed by atoms with van der Waals surface area (Å²) in [5.74, 6) is 0.699. The van der Waals surface area contributed by atoms with E-state index in [-0.39, 0.29) is 55.8 Å². The molecule has 294 valence electrons. The molecule has 6 rings (SSSR count). The average molecular weight is 746 g/mol. The Bertz CT molecular complexity index is 1640. The van der Waals surface area contributed by atoms with Crippen molar-refractivity contribution in [3.05, 3.63) is 77.9 Å². The number of methoxy groups -OCH3 is 1. The summed E-state index contributed by atoms with van der Waals surface area (Å²) in [6, 6.07) is 13.1. The molecule has 6 unspecified atom stereocenters. The lowest BCUT2D eigenvalue weighted by molar-refractivity contribution is -0.255. The lowest BCUT2D eigenvalue weighted by atomic mass is 9.55. The third-order valence-corrected chi connectivity index (χ3v) is 11.5. The average Bonchev–Trinajstić information content (AvgIpc) is 4.02. The summed E-state index contributed by atoms with van der Waals surface area (Å²) in [6.45, 7) is 10.5. The number of ether oxygens (including phenoxy) is 4. The van der Waals surface area contributed by atoms with E-state index < -0.39 is 11.8 Å². The number of carbonyl (C=O) groups excluding carboxylic acids is 1. The maximum atomic E-state index is 14.4. The van der Waals surface area contributed by atoms with Crippen LogP contribution >= 0.6 is 0 Å². The highest BCUT2D eigenvalue weighted by Crippen LogP contribution is 2.61. The number of aliphatic hydroxyl groups excluding tert-OH is 2. The van der Waals surface area contributed by atoms with Crippen molar-refractivity contribution >= 4 is 11.6 Å². The van der Waals surface area contributed by atoms with Crippen molar-refractivity contribution in [2.75, 3.05) is 66.8 Å². The summed E-state index contributed by atoms with van der Waals surface area (Å²) in [7, 11) is 3.45. The fourth-order valence-corrected chi connectivity index (χ4v) is 8.80. The second kappa shape index (κ2) is 18.6. The van der Waals surface area contributed by atoms with Gasteiger partial charge in [0.1, 0.15) is 36.5 Å². The van der Waals surface area contributed by atoms with Gasteiger partial charge in [-0.05, 0) is 85.9 Å². The van der Waals surface area contributed by atoms with Gasteiger partial charge in [0, 0.05) is 57.8 Å². The zero-order valence-electron chi connectivity index (χ0n) is 32.3. The molecule has 2 fully saturated rings. The standard InChI is InChI=1S/C43H59N3O8/c1-5-23-52-43-39(45(3)40(49)26-30-12-11-14-32(25-30)50-4)29-37(44-53-6-2)35-27-31(13-7-9-21-47)34(15-8-10-22-48)41(42(35)43)36-28-33(16-17-38(36)54-43)51-24-20-46-18-19-46/h5,11-12,14,16-17,25,27-28,31,34,39,41-42,47-48H,1,6-10,13,15,18-24,26,29H2,2-4H3. The Morgan fingerprint density at radius 3 is 2.61 bits per heavy atom. The topological polar surface area (TPSA) is 122 Å². The molecule has 2 N–H and O–H groups in total. The van der Waals surface area contributed by atoms with E-state index in [4.69, 9.17) is 28.9 Å². The highest BCUT2D eigenvalue weighted by Gasteiger charge is 2.65. The normalized spacial score (nSPS) is 26.2. The molecular weight excluding hydrogens is 686 g/mol. The molecule has 0 aromatic heterocycles. The van der Waals surface area contributed by atoms with Gasteiger partial charge in [-0.3, -0.25) is 9.69 Å². The number of carbonyl (C=O) groups is 1. The summed E-state index contributed by atoms with van der Waals surface area (Å²) in [4.78, 5) is 24.3. The number of allylic oxidation sites excluding steroid dienone is 1. The van der Waals surface area contributed by atoms with Crippen LogP contribution in [0.5, 0.6) is 17.2 Å². The first-order valence-corrected chi connectivity index (χ1v) is 19.8. The van der Waals surface area contributed by atoms with Crippen LogP contribution in [0.4, 0.5) is 0 Å². The minimum atomic E-state index is -1.28. The third kappa shape index (κ3) is 8.80. The molecule has 0 spiro atoms. The fraction of sp³-hybridized carbons (Fsp3) is 0.581. The van der Waals surface area contributed by atoms with E-state index in [2.05, 4.69) is 23.6 Å². The van der Waals surface area contributed by atoms with E-state index in [1.165, 1.54) is 0 Å². The summed E-state index contributed by atoms with van der Waals surface area (Å²) < 4.78 is 26.0. The second-order valence-corrected chi connectivity index (χ2v) is 14.9. The number of amides is 1. The number of hydrogen-bond acceptors (Lipinski definition) is 10. The number of rotatable bonds is 21. The molecule has 11 nitrogen and oxygen atoms in total. The predicted molar refractivity (Wildman–Crippen MR) is 208 cm³/mol. The van der Waals surface area contributed by atoms with Crippen LogP contribution in [0.25, 0.3) is 0 Å². The molecule has 1 saturated carbocycles. The van der Waals surface area contributed by atoms with Gasteiger partial charge in [-0.2, -0.15) is 0 Å². The second-order valence-electron chi connectivity index (χ2n) is 14.9. The molecule has 1 amide bonds. The highest BCUT2D eigenvalue weighted by atomic mass is 16.7. The van der Waals surface area contributed by atoms with Gasteiger partial charge in [0.25, 0.3) is 0 Å². The Balaban J connectivity index is 1.49. The quantitative estimate of drug-likeness (QED) is 0.0713. The Hall–Kier alpha value is -3.90. The molecule has 2 heterocycles. The van der Waals surface area contributed by atoms with Crippen molar-refractivity contribution in [3.8, 4) is 17.2 Å². The van der Waals surface area contributed by atoms with Gasteiger partial charge in [-0.15, -0.1) is 6.58 Å². The van der Waals surface area contributed by atoms with E-state index in [9.17, 15) is 15.0 Å². The summed E-state index contributed by atoms with van der Waals surface area (Å²) in [5, 5.41) is 24.4. The molecule has 2 aliphatic heterocycles. The Morgan fingerprint density at radius 1 is 1.09 bits per heavy atom. The molecule has 6 atom stereocenters. The van der Waals surface area contributed by atoms with Crippen LogP contribution in [0.2, 0.25) is 0 Å². The van der Waals surface area contributed by atoms with E-state index in [1.807, 2.05) is 50.4 Å². The Kier molecular flexibility index (Phi) is 13.7. The molecule has 2 aromatic rings.